The molecule has 0 aliphatic heterocycles. The minimum Gasteiger partial charge on any atom is -0.345 e. The molecular formula is C9H6ClN5O4. The van der Waals surface area contributed by atoms with E-state index in [0.29, 0.717) is 0 Å². The Balaban J connectivity index is 2.14. The van der Waals surface area contributed by atoms with Gasteiger partial charge in [-0.25, -0.2) is 4.98 Å². The molecule has 0 aliphatic carbocycles. The number of rotatable bonds is 4. The SMILES string of the molecule is O=C(NCc1ncon1)c1cc([N+](=O)[O-])cnc1Cl. The van der Waals surface area contributed by atoms with Crippen LogP contribution in [-0.2, 0) is 6.54 Å². The normalized spacial score (nSPS) is 10.2. The summed E-state index contributed by atoms with van der Waals surface area (Å²) in [5.74, 6) is -0.353. The summed E-state index contributed by atoms with van der Waals surface area (Å²) in [5.41, 5.74) is -0.423. The Morgan fingerprint density at radius 1 is 1.53 bits per heavy atom. The lowest BCUT2D eigenvalue weighted by atomic mass is 10.2. The third-order valence-electron chi connectivity index (χ3n) is 2.09. The van der Waals surface area contributed by atoms with Gasteiger partial charge >= 0.3 is 0 Å². The molecule has 0 saturated heterocycles. The van der Waals surface area contributed by atoms with Crippen LogP contribution in [0.5, 0.6) is 0 Å². The average Bonchev–Trinajstić information content (AvgIpc) is 2.89. The Hall–Kier alpha value is -2.55. The predicted molar refractivity (Wildman–Crippen MR) is 61.4 cm³/mol. The molecule has 9 nitrogen and oxygen atoms in total. The first-order valence-corrected chi connectivity index (χ1v) is 5.29. The summed E-state index contributed by atoms with van der Waals surface area (Å²) in [6.45, 7) is 0.00829. The molecule has 1 amide bonds. The average molecular weight is 284 g/mol. The predicted octanol–water partition coefficient (Wildman–Crippen LogP) is 0.956. The van der Waals surface area contributed by atoms with Crippen LogP contribution in [0.3, 0.4) is 0 Å². The zero-order chi connectivity index (χ0) is 13.8. The van der Waals surface area contributed by atoms with Crippen molar-refractivity contribution in [2.45, 2.75) is 6.54 Å². The molecule has 0 aliphatic rings. The number of pyridine rings is 1. The van der Waals surface area contributed by atoms with E-state index in [0.717, 1.165) is 18.7 Å². The maximum absolute atomic E-state index is 11.8. The van der Waals surface area contributed by atoms with Crippen molar-refractivity contribution in [3.63, 3.8) is 0 Å². The molecule has 2 rings (SSSR count). The van der Waals surface area contributed by atoms with Crippen molar-refractivity contribution in [2.75, 3.05) is 0 Å². The maximum atomic E-state index is 11.8. The van der Waals surface area contributed by atoms with Gasteiger partial charge in [-0.1, -0.05) is 16.8 Å². The van der Waals surface area contributed by atoms with E-state index in [4.69, 9.17) is 11.6 Å². The van der Waals surface area contributed by atoms with Crippen LogP contribution in [0.2, 0.25) is 5.15 Å². The third kappa shape index (κ3) is 3.01. The van der Waals surface area contributed by atoms with Gasteiger partial charge in [0.25, 0.3) is 11.6 Å². The van der Waals surface area contributed by atoms with Crippen LogP contribution in [0.1, 0.15) is 16.2 Å². The smallest absolute Gasteiger partial charge is 0.288 e. The first-order valence-electron chi connectivity index (χ1n) is 4.91. The van der Waals surface area contributed by atoms with Gasteiger partial charge in [0.1, 0.15) is 11.3 Å². The summed E-state index contributed by atoms with van der Waals surface area (Å²) in [5, 5.41) is 16.4. The van der Waals surface area contributed by atoms with Crippen LogP contribution in [0, 0.1) is 10.1 Å². The lowest BCUT2D eigenvalue weighted by Crippen LogP contribution is -2.24. The largest absolute Gasteiger partial charge is 0.345 e. The van der Waals surface area contributed by atoms with Crippen molar-refractivity contribution in [1.29, 1.82) is 0 Å². The van der Waals surface area contributed by atoms with E-state index >= 15 is 0 Å². The van der Waals surface area contributed by atoms with Crippen LogP contribution in [0.25, 0.3) is 0 Å². The molecule has 2 aromatic heterocycles. The van der Waals surface area contributed by atoms with Crippen LogP contribution in [-0.4, -0.2) is 26.0 Å². The van der Waals surface area contributed by atoms with Gasteiger partial charge in [-0.05, 0) is 0 Å². The molecular weight excluding hydrogens is 278 g/mol. The first kappa shape index (κ1) is 12.9. The van der Waals surface area contributed by atoms with Crippen LogP contribution >= 0.6 is 11.6 Å². The molecule has 2 heterocycles. The highest BCUT2D eigenvalue weighted by atomic mass is 35.5. The van der Waals surface area contributed by atoms with E-state index in [9.17, 15) is 14.9 Å². The van der Waals surface area contributed by atoms with Crippen molar-refractivity contribution in [3.05, 3.63) is 45.3 Å². The number of amides is 1. The number of nitrogens with one attached hydrogen (secondary N) is 1. The molecule has 0 radical (unpaired) electrons. The van der Waals surface area contributed by atoms with Gasteiger partial charge in [-0.3, -0.25) is 14.9 Å². The van der Waals surface area contributed by atoms with E-state index in [1.807, 2.05) is 0 Å². The van der Waals surface area contributed by atoms with E-state index in [-0.39, 0.29) is 28.8 Å². The van der Waals surface area contributed by atoms with E-state index < -0.39 is 10.8 Å². The zero-order valence-corrected chi connectivity index (χ0v) is 9.99. The highest BCUT2D eigenvalue weighted by Crippen LogP contribution is 2.18. The van der Waals surface area contributed by atoms with Crippen molar-refractivity contribution in [3.8, 4) is 0 Å². The molecule has 0 fully saturated rings. The molecule has 2 aromatic rings. The molecule has 10 heteroatoms. The molecule has 0 bridgehead atoms. The number of hydrogen-bond acceptors (Lipinski definition) is 7. The monoisotopic (exact) mass is 283 g/mol. The van der Waals surface area contributed by atoms with Crippen molar-refractivity contribution in [1.82, 2.24) is 20.4 Å². The zero-order valence-electron chi connectivity index (χ0n) is 9.24. The maximum Gasteiger partial charge on any atom is 0.288 e. The fraction of sp³-hybridized carbons (Fsp3) is 0.111. The molecule has 0 aromatic carbocycles. The summed E-state index contributed by atoms with van der Waals surface area (Å²) >= 11 is 5.71. The van der Waals surface area contributed by atoms with Gasteiger partial charge in [0.05, 0.1) is 17.0 Å². The van der Waals surface area contributed by atoms with Crippen LogP contribution < -0.4 is 5.32 Å². The molecule has 0 saturated carbocycles. The van der Waals surface area contributed by atoms with E-state index in [2.05, 4.69) is 25.0 Å². The second-order valence-corrected chi connectivity index (χ2v) is 3.68. The summed E-state index contributed by atoms with van der Waals surface area (Å²) in [7, 11) is 0. The fourth-order valence-electron chi connectivity index (χ4n) is 1.22. The van der Waals surface area contributed by atoms with Crippen LogP contribution in [0.4, 0.5) is 5.69 Å². The van der Waals surface area contributed by atoms with Crippen LogP contribution in [0.15, 0.2) is 23.2 Å². The molecule has 0 unspecified atom stereocenters. The second kappa shape index (κ2) is 5.40. The quantitative estimate of drug-likeness (QED) is 0.503. The number of nitro groups is 1. The number of nitrogens with zero attached hydrogens (tertiary/aromatic N) is 4. The van der Waals surface area contributed by atoms with Gasteiger partial charge in [0.2, 0.25) is 6.39 Å². The topological polar surface area (TPSA) is 124 Å². The number of aromatic nitrogens is 3. The third-order valence-corrected chi connectivity index (χ3v) is 2.40. The summed E-state index contributed by atoms with van der Waals surface area (Å²) < 4.78 is 4.49. The van der Waals surface area contributed by atoms with Gasteiger partial charge in [-0.2, -0.15) is 4.98 Å². The molecule has 0 atom stereocenters. The standard InChI is InChI=1S/C9H6ClN5O4/c10-8-6(1-5(2-11-8)15(17)18)9(16)12-3-7-13-4-19-14-7/h1-2,4H,3H2,(H,12,16). The lowest BCUT2D eigenvalue weighted by Gasteiger charge is -2.03. The first-order chi connectivity index (χ1) is 9.08. The Kier molecular flexibility index (Phi) is 3.66. The van der Waals surface area contributed by atoms with E-state index in [1.54, 1.807) is 0 Å². The van der Waals surface area contributed by atoms with Gasteiger partial charge < -0.3 is 9.84 Å². The Bertz CT molecular complexity index is 615. The van der Waals surface area contributed by atoms with E-state index in [1.165, 1.54) is 0 Å². The molecule has 19 heavy (non-hydrogen) atoms. The highest BCUT2D eigenvalue weighted by molar-refractivity contribution is 6.32. The summed E-state index contributed by atoms with van der Waals surface area (Å²) in [6.07, 6.45) is 2.09. The minimum atomic E-state index is -0.667. The summed E-state index contributed by atoms with van der Waals surface area (Å²) in [4.78, 5) is 29.0. The molecule has 0 spiro atoms. The summed E-state index contributed by atoms with van der Waals surface area (Å²) in [6, 6.07) is 1.04. The minimum absolute atomic E-state index is 0.00829. The Labute approximate surface area is 110 Å². The number of halogens is 1. The van der Waals surface area contributed by atoms with Crippen molar-refractivity contribution in [2.24, 2.45) is 0 Å². The lowest BCUT2D eigenvalue weighted by molar-refractivity contribution is -0.385. The number of carbonyl (C=O) groups is 1. The molecule has 1 N–H and O–H groups in total. The van der Waals surface area contributed by atoms with Gasteiger partial charge in [0, 0.05) is 6.07 Å². The Morgan fingerprint density at radius 3 is 2.95 bits per heavy atom. The fourth-order valence-corrected chi connectivity index (χ4v) is 1.41. The second-order valence-electron chi connectivity index (χ2n) is 3.32. The van der Waals surface area contributed by atoms with Gasteiger partial charge in [-0.15, -0.1) is 0 Å². The highest BCUT2D eigenvalue weighted by Gasteiger charge is 2.17. The van der Waals surface area contributed by atoms with Crippen molar-refractivity contribution >= 4 is 23.2 Å². The molecule has 98 valence electrons. The van der Waals surface area contributed by atoms with Crippen molar-refractivity contribution < 1.29 is 14.2 Å². The van der Waals surface area contributed by atoms with Gasteiger partial charge in [0.15, 0.2) is 5.82 Å². The Morgan fingerprint density at radius 2 is 2.32 bits per heavy atom. The number of hydrogen-bond donors (Lipinski definition) is 1. The number of carbonyl (C=O) groups excluding carboxylic acids is 1.